The van der Waals surface area contributed by atoms with Crippen LogP contribution in [0.1, 0.15) is 34.9 Å². The van der Waals surface area contributed by atoms with Crippen LogP contribution in [0.2, 0.25) is 0 Å². The average Bonchev–Trinajstić information content (AvgIpc) is 3.13. The lowest BCUT2D eigenvalue weighted by molar-refractivity contribution is 0.0755. The predicted octanol–water partition coefficient (Wildman–Crippen LogP) is 2.17. The van der Waals surface area contributed by atoms with Crippen LogP contribution in [0.25, 0.3) is 0 Å². The number of benzene rings is 1. The lowest BCUT2D eigenvalue weighted by atomic mass is 10.1. The molecule has 1 aromatic heterocycles. The van der Waals surface area contributed by atoms with E-state index in [1.54, 1.807) is 35.2 Å². The normalized spacial score (nSPS) is 15.1. The van der Waals surface area contributed by atoms with Crippen LogP contribution >= 0.6 is 0 Å². The van der Waals surface area contributed by atoms with Gasteiger partial charge < -0.3 is 10.2 Å². The Morgan fingerprint density at radius 3 is 2.88 bits per heavy atom. The molecule has 1 amide bonds. The van der Waals surface area contributed by atoms with Crippen LogP contribution < -0.4 is 5.32 Å². The van der Waals surface area contributed by atoms with Crippen LogP contribution in [-0.4, -0.2) is 45.4 Å². The summed E-state index contributed by atoms with van der Waals surface area (Å²) in [7, 11) is 0. The highest BCUT2D eigenvalue weighted by molar-refractivity contribution is 5.92. The Morgan fingerprint density at radius 2 is 2.16 bits per heavy atom. The summed E-state index contributed by atoms with van der Waals surface area (Å²) in [5.41, 5.74) is 0.736. The van der Waals surface area contributed by atoms with Gasteiger partial charge in [-0.3, -0.25) is 4.79 Å². The van der Waals surface area contributed by atoms with Crippen molar-refractivity contribution in [2.45, 2.75) is 25.4 Å². The van der Waals surface area contributed by atoms with Gasteiger partial charge in [0.2, 0.25) is 0 Å². The molecule has 2 aromatic rings. The number of nitrogens with one attached hydrogen (secondary N) is 1. The zero-order chi connectivity index (χ0) is 17.6. The molecule has 3 rings (SSSR count). The highest BCUT2D eigenvalue weighted by atomic mass is 19.1. The van der Waals surface area contributed by atoms with Crippen molar-refractivity contribution >= 4 is 5.91 Å². The summed E-state index contributed by atoms with van der Waals surface area (Å²) in [6.45, 7) is 6.03. The van der Waals surface area contributed by atoms with Crippen LogP contribution in [0.3, 0.4) is 0 Å². The van der Waals surface area contributed by atoms with Gasteiger partial charge in [-0.2, -0.15) is 0 Å². The van der Waals surface area contributed by atoms with Gasteiger partial charge in [0.05, 0.1) is 12.2 Å². The highest BCUT2D eigenvalue weighted by Crippen LogP contribution is 2.18. The SMILES string of the molecule is C=CCN(Cc1ccccc1F)C(=O)c1cn(C2CCNCC2)nn1. The zero-order valence-corrected chi connectivity index (χ0v) is 14.1. The van der Waals surface area contributed by atoms with Gasteiger partial charge in [-0.15, -0.1) is 11.7 Å². The van der Waals surface area contributed by atoms with Gasteiger partial charge in [0.15, 0.2) is 5.69 Å². The second-order valence-corrected chi connectivity index (χ2v) is 6.13. The number of piperidine rings is 1. The van der Waals surface area contributed by atoms with Gasteiger partial charge in [-0.05, 0) is 32.0 Å². The van der Waals surface area contributed by atoms with Crippen LogP contribution in [0.4, 0.5) is 4.39 Å². The topological polar surface area (TPSA) is 63.1 Å². The first-order chi connectivity index (χ1) is 12.2. The van der Waals surface area contributed by atoms with Gasteiger partial charge in [0.25, 0.3) is 5.91 Å². The molecule has 1 saturated heterocycles. The van der Waals surface area contributed by atoms with E-state index in [1.807, 2.05) is 0 Å². The summed E-state index contributed by atoms with van der Waals surface area (Å²) in [6.07, 6.45) is 5.23. The zero-order valence-electron chi connectivity index (χ0n) is 14.1. The minimum Gasteiger partial charge on any atom is -0.329 e. The Bertz CT molecular complexity index is 739. The molecule has 0 radical (unpaired) electrons. The van der Waals surface area contributed by atoms with Crippen molar-refractivity contribution in [3.63, 3.8) is 0 Å². The average molecular weight is 343 g/mol. The van der Waals surface area contributed by atoms with Gasteiger partial charge in [0.1, 0.15) is 5.82 Å². The van der Waals surface area contributed by atoms with Crippen molar-refractivity contribution in [1.29, 1.82) is 0 Å². The maximum Gasteiger partial charge on any atom is 0.276 e. The maximum absolute atomic E-state index is 13.9. The van der Waals surface area contributed by atoms with E-state index in [9.17, 15) is 9.18 Å². The highest BCUT2D eigenvalue weighted by Gasteiger charge is 2.22. The fourth-order valence-electron chi connectivity index (χ4n) is 2.99. The molecule has 7 heteroatoms. The van der Waals surface area contributed by atoms with Crippen molar-refractivity contribution in [1.82, 2.24) is 25.2 Å². The largest absolute Gasteiger partial charge is 0.329 e. The molecule has 0 aliphatic carbocycles. The molecule has 0 unspecified atom stereocenters. The standard InChI is InChI=1S/C18H22FN5O/c1-2-11-23(12-14-5-3-4-6-16(14)19)18(25)17-13-24(22-21-17)15-7-9-20-10-8-15/h2-6,13,15,20H,1,7-12H2. The lowest BCUT2D eigenvalue weighted by Crippen LogP contribution is -2.31. The Hall–Kier alpha value is -2.54. The minimum absolute atomic E-state index is 0.164. The monoisotopic (exact) mass is 343 g/mol. The summed E-state index contributed by atoms with van der Waals surface area (Å²) >= 11 is 0. The van der Waals surface area contributed by atoms with E-state index in [0.717, 1.165) is 25.9 Å². The molecule has 6 nitrogen and oxygen atoms in total. The fourth-order valence-corrected chi connectivity index (χ4v) is 2.99. The number of carbonyl (C=O) groups is 1. The van der Waals surface area contributed by atoms with Crippen LogP contribution in [0, 0.1) is 5.82 Å². The molecular formula is C18H22FN5O. The Morgan fingerprint density at radius 1 is 1.40 bits per heavy atom. The number of amides is 1. The summed E-state index contributed by atoms with van der Waals surface area (Å²) in [5, 5.41) is 11.4. The van der Waals surface area contributed by atoms with E-state index in [0.29, 0.717) is 12.1 Å². The summed E-state index contributed by atoms with van der Waals surface area (Å²) < 4.78 is 15.7. The third kappa shape index (κ3) is 4.11. The first kappa shape index (κ1) is 17.3. The van der Waals surface area contributed by atoms with Gasteiger partial charge >= 0.3 is 0 Å². The van der Waals surface area contributed by atoms with E-state index in [4.69, 9.17) is 0 Å². The molecule has 0 atom stereocenters. The quantitative estimate of drug-likeness (QED) is 0.817. The number of aromatic nitrogens is 3. The molecule has 1 aliphatic heterocycles. The third-order valence-corrected chi connectivity index (χ3v) is 4.37. The lowest BCUT2D eigenvalue weighted by Gasteiger charge is -2.22. The number of rotatable bonds is 6. The van der Waals surface area contributed by atoms with Crippen molar-refractivity contribution in [3.8, 4) is 0 Å². The smallest absolute Gasteiger partial charge is 0.276 e. The third-order valence-electron chi connectivity index (χ3n) is 4.37. The number of hydrogen-bond donors (Lipinski definition) is 1. The van der Waals surface area contributed by atoms with Gasteiger partial charge in [0, 0.05) is 18.7 Å². The van der Waals surface area contributed by atoms with E-state index < -0.39 is 0 Å². The van der Waals surface area contributed by atoms with Crippen molar-refractivity contribution in [3.05, 3.63) is 60.2 Å². The summed E-state index contributed by atoms with van der Waals surface area (Å²) in [6, 6.07) is 6.70. The first-order valence-corrected chi connectivity index (χ1v) is 8.45. The van der Waals surface area contributed by atoms with Crippen molar-refractivity contribution in [2.75, 3.05) is 19.6 Å². The van der Waals surface area contributed by atoms with Crippen molar-refractivity contribution in [2.24, 2.45) is 0 Å². The predicted molar refractivity (Wildman–Crippen MR) is 92.5 cm³/mol. The molecule has 25 heavy (non-hydrogen) atoms. The second kappa shape index (κ2) is 8.02. The van der Waals surface area contributed by atoms with Crippen molar-refractivity contribution < 1.29 is 9.18 Å². The molecule has 1 aromatic carbocycles. The number of hydrogen-bond acceptors (Lipinski definition) is 4. The Labute approximate surface area is 146 Å². The summed E-state index contributed by atoms with van der Waals surface area (Å²) in [5.74, 6) is -0.606. The first-order valence-electron chi connectivity index (χ1n) is 8.45. The summed E-state index contributed by atoms with van der Waals surface area (Å²) in [4.78, 5) is 14.3. The fraction of sp³-hybridized carbons (Fsp3) is 0.389. The van der Waals surface area contributed by atoms with E-state index in [1.165, 1.54) is 11.0 Å². The number of carbonyl (C=O) groups excluding carboxylic acids is 1. The Kier molecular flexibility index (Phi) is 5.55. The van der Waals surface area contributed by atoms with Crippen LogP contribution in [-0.2, 0) is 6.54 Å². The molecular weight excluding hydrogens is 321 g/mol. The molecule has 0 spiro atoms. The number of nitrogens with zero attached hydrogens (tertiary/aromatic N) is 4. The molecule has 132 valence electrons. The molecule has 0 bridgehead atoms. The minimum atomic E-state index is -0.331. The molecule has 1 N–H and O–H groups in total. The second-order valence-electron chi connectivity index (χ2n) is 6.13. The molecule has 0 saturated carbocycles. The van der Waals surface area contributed by atoms with E-state index in [-0.39, 0.29) is 30.0 Å². The van der Waals surface area contributed by atoms with E-state index >= 15 is 0 Å². The molecule has 1 aliphatic rings. The maximum atomic E-state index is 13.9. The van der Waals surface area contributed by atoms with Crippen LogP contribution in [0.5, 0.6) is 0 Å². The van der Waals surface area contributed by atoms with Gasteiger partial charge in [-0.25, -0.2) is 9.07 Å². The molecule has 2 heterocycles. The number of halogens is 1. The van der Waals surface area contributed by atoms with E-state index in [2.05, 4.69) is 22.2 Å². The van der Waals surface area contributed by atoms with Crippen LogP contribution in [0.15, 0.2) is 43.1 Å². The molecule has 1 fully saturated rings. The van der Waals surface area contributed by atoms with Gasteiger partial charge in [-0.1, -0.05) is 29.5 Å². The Balaban J connectivity index is 1.75.